The molecule has 1 aliphatic carbocycles. The van der Waals surface area contributed by atoms with E-state index < -0.39 is 11.2 Å². The zero-order valence-corrected chi connectivity index (χ0v) is 22.1. The van der Waals surface area contributed by atoms with E-state index in [1.807, 2.05) is 18.3 Å². The lowest BCUT2D eigenvalue weighted by molar-refractivity contribution is -0.142. The molecule has 196 valence electrons. The van der Waals surface area contributed by atoms with Gasteiger partial charge in [-0.25, -0.2) is 4.39 Å². The normalized spacial score (nSPS) is 29.6. The number of hydrogen-bond acceptors (Lipinski definition) is 3. The topological polar surface area (TPSA) is 65.4 Å². The second-order valence-corrected chi connectivity index (χ2v) is 11.9. The van der Waals surface area contributed by atoms with Crippen molar-refractivity contribution in [3.05, 3.63) is 71.7 Å². The van der Waals surface area contributed by atoms with Crippen LogP contribution in [0.2, 0.25) is 0 Å². The Hall–Kier alpha value is -2.70. The first-order valence-electron chi connectivity index (χ1n) is 14.0. The Morgan fingerprint density at radius 2 is 1.92 bits per heavy atom. The van der Waals surface area contributed by atoms with Gasteiger partial charge in [0.15, 0.2) is 0 Å². The summed E-state index contributed by atoms with van der Waals surface area (Å²) in [5.41, 5.74) is 9.32. The second-order valence-electron chi connectivity index (χ2n) is 11.9. The maximum Gasteiger partial charge on any atom is 0.226 e. The quantitative estimate of drug-likeness (QED) is 0.466. The molecule has 2 aliphatic heterocycles. The smallest absolute Gasteiger partial charge is 0.226 e. The largest absolute Gasteiger partial charge is 0.361 e. The molecule has 6 rings (SSSR count). The SMILES string of the molecule is CC(C(=O)N1CCC2(N)N(Cc3ccccc3)C[C@H](c3c[nH]c4cc(F)ccc34)[C@@]12C)C1CCCCC1. The highest BCUT2D eigenvalue weighted by molar-refractivity contribution is 5.85. The predicted octanol–water partition coefficient (Wildman–Crippen LogP) is 5.77. The molecule has 3 aliphatic rings. The summed E-state index contributed by atoms with van der Waals surface area (Å²) in [6, 6.07) is 15.4. The molecule has 4 atom stereocenters. The number of H-pyrrole nitrogens is 1. The molecule has 2 aromatic carbocycles. The highest BCUT2D eigenvalue weighted by atomic mass is 19.1. The number of amides is 1. The van der Waals surface area contributed by atoms with Gasteiger partial charge in [0.1, 0.15) is 5.82 Å². The van der Waals surface area contributed by atoms with E-state index >= 15 is 0 Å². The molecule has 2 unspecified atom stereocenters. The second kappa shape index (κ2) is 9.25. The van der Waals surface area contributed by atoms with Crippen LogP contribution < -0.4 is 5.73 Å². The standard InChI is InChI=1S/C31H39FN4O/c1-21(23-11-7-4-8-12-23)29(37)36-16-15-31(33)30(36,2)27(20-35(31)19-22-9-5-3-6-10-22)26-18-34-28-17-24(32)13-14-25(26)28/h3,5-6,9-10,13-14,17-18,21,23,27,34H,4,7-8,11-12,15-16,19-20,33H2,1-2H3/t21?,27-,30-,31?/m1/s1. The molecule has 1 amide bonds. The van der Waals surface area contributed by atoms with E-state index in [1.54, 1.807) is 6.07 Å². The van der Waals surface area contributed by atoms with E-state index in [0.29, 0.717) is 12.5 Å². The number of halogens is 1. The zero-order valence-electron chi connectivity index (χ0n) is 22.1. The number of rotatable bonds is 5. The van der Waals surface area contributed by atoms with E-state index in [1.165, 1.54) is 30.9 Å². The van der Waals surface area contributed by atoms with Gasteiger partial charge in [0.05, 0.1) is 11.2 Å². The van der Waals surface area contributed by atoms with Crippen LogP contribution in [0.15, 0.2) is 54.7 Å². The third kappa shape index (κ3) is 3.83. The summed E-state index contributed by atoms with van der Waals surface area (Å²) in [7, 11) is 0. The van der Waals surface area contributed by atoms with Crippen molar-refractivity contribution in [2.45, 2.75) is 76.0 Å². The average molecular weight is 503 g/mol. The molecule has 1 aromatic heterocycles. The Balaban J connectivity index is 1.41. The molecule has 0 spiro atoms. The molecule has 3 heterocycles. The van der Waals surface area contributed by atoms with Gasteiger partial charge in [0, 0.05) is 48.6 Å². The highest BCUT2D eigenvalue weighted by Gasteiger charge is 2.67. The summed E-state index contributed by atoms with van der Waals surface area (Å²) in [5.74, 6) is 0.454. The van der Waals surface area contributed by atoms with Crippen LogP contribution in [0.4, 0.5) is 4.39 Å². The number of fused-ring (bicyclic) bond motifs is 2. The van der Waals surface area contributed by atoms with Crippen LogP contribution >= 0.6 is 0 Å². The monoisotopic (exact) mass is 502 g/mol. The first-order valence-corrected chi connectivity index (χ1v) is 14.0. The Bertz CT molecular complexity index is 1280. The predicted molar refractivity (Wildman–Crippen MR) is 145 cm³/mol. The average Bonchev–Trinajstić information content (AvgIpc) is 3.51. The third-order valence-electron chi connectivity index (χ3n) is 10.1. The lowest BCUT2D eigenvalue weighted by Gasteiger charge is -2.47. The number of benzene rings is 2. The summed E-state index contributed by atoms with van der Waals surface area (Å²) in [4.78, 5) is 22.1. The number of nitrogens with zero attached hydrogens (tertiary/aromatic N) is 2. The Morgan fingerprint density at radius 1 is 1.16 bits per heavy atom. The summed E-state index contributed by atoms with van der Waals surface area (Å²) in [6.07, 6.45) is 8.76. The highest BCUT2D eigenvalue weighted by Crippen LogP contribution is 2.55. The zero-order chi connectivity index (χ0) is 25.8. The minimum atomic E-state index is -0.654. The minimum Gasteiger partial charge on any atom is -0.361 e. The van der Waals surface area contributed by atoms with Crippen LogP contribution in [-0.4, -0.2) is 45.0 Å². The Labute approximate surface area is 219 Å². The minimum absolute atomic E-state index is 0.000336. The fraction of sp³-hybridized carbons (Fsp3) is 0.516. The van der Waals surface area contributed by atoms with E-state index in [0.717, 1.165) is 48.8 Å². The van der Waals surface area contributed by atoms with Crippen LogP contribution in [0.1, 0.15) is 69.4 Å². The van der Waals surface area contributed by atoms with Crippen molar-refractivity contribution in [2.75, 3.05) is 13.1 Å². The summed E-state index contributed by atoms with van der Waals surface area (Å²) >= 11 is 0. The van der Waals surface area contributed by atoms with E-state index in [4.69, 9.17) is 5.73 Å². The van der Waals surface area contributed by atoms with Crippen LogP contribution in [0.5, 0.6) is 0 Å². The molecule has 0 radical (unpaired) electrons. The van der Waals surface area contributed by atoms with E-state index in [9.17, 15) is 9.18 Å². The van der Waals surface area contributed by atoms with Gasteiger partial charge in [-0.05, 0) is 61.4 Å². The van der Waals surface area contributed by atoms with Gasteiger partial charge in [0.2, 0.25) is 5.91 Å². The molecular formula is C31H39FN4O. The summed E-state index contributed by atoms with van der Waals surface area (Å²) < 4.78 is 14.0. The molecule has 1 saturated carbocycles. The van der Waals surface area contributed by atoms with Gasteiger partial charge < -0.3 is 15.6 Å². The number of nitrogens with one attached hydrogen (secondary N) is 1. The lowest BCUT2D eigenvalue weighted by Crippen LogP contribution is -2.66. The molecule has 5 nitrogen and oxygen atoms in total. The maximum atomic E-state index is 14.2. The van der Waals surface area contributed by atoms with Gasteiger partial charge >= 0.3 is 0 Å². The fourth-order valence-corrected chi connectivity index (χ4v) is 7.77. The van der Waals surface area contributed by atoms with Crippen molar-refractivity contribution in [3.63, 3.8) is 0 Å². The van der Waals surface area contributed by atoms with E-state index in [-0.39, 0.29) is 23.6 Å². The summed E-state index contributed by atoms with van der Waals surface area (Å²) in [5, 5.41) is 1.01. The number of hydrogen-bond donors (Lipinski definition) is 2. The van der Waals surface area contributed by atoms with Crippen LogP contribution in [0.25, 0.3) is 10.9 Å². The van der Waals surface area contributed by atoms with Crippen molar-refractivity contribution in [3.8, 4) is 0 Å². The van der Waals surface area contributed by atoms with Gasteiger partial charge in [-0.1, -0.05) is 56.5 Å². The molecule has 2 saturated heterocycles. The number of carbonyl (C=O) groups is 1. The van der Waals surface area contributed by atoms with Crippen molar-refractivity contribution < 1.29 is 9.18 Å². The van der Waals surface area contributed by atoms with Crippen LogP contribution in [0.3, 0.4) is 0 Å². The third-order valence-corrected chi connectivity index (χ3v) is 10.1. The van der Waals surface area contributed by atoms with Gasteiger partial charge in [-0.15, -0.1) is 0 Å². The molecule has 37 heavy (non-hydrogen) atoms. The first kappa shape index (κ1) is 24.6. The van der Waals surface area contributed by atoms with Gasteiger partial charge in [0.25, 0.3) is 0 Å². The van der Waals surface area contributed by atoms with Crippen LogP contribution in [-0.2, 0) is 11.3 Å². The molecule has 0 bridgehead atoms. The number of carbonyl (C=O) groups excluding carboxylic acids is 1. The Morgan fingerprint density at radius 3 is 2.68 bits per heavy atom. The van der Waals surface area contributed by atoms with Gasteiger partial charge in [-0.2, -0.15) is 0 Å². The van der Waals surface area contributed by atoms with Gasteiger partial charge in [-0.3, -0.25) is 9.69 Å². The molecular weight excluding hydrogens is 463 g/mol. The van der Waals surface area contributed by atoms with Crippen molar-refractivity contribution in [2.24, 2.45) is 17.6 Å². The molecule has 6 heteroatoms. The lowest BCUT2D eigenvalue weighted by atomic mass is 9.75. The Kier molecular flexibility index (Phi) is 6.15. The van der Waals surface area contributed by atoms with Crippen LogP contribution in [0, 0.1) is 17.7 Å². The maximum absolute atomic E-state index is 14.2. The van der Waals surface area contributed by atoms with Crippen molar-refractivity contribution in [1.29, 1.82) is 0 Å². The summed E-state index contributed by atoms with van der Waals surface area (Å²) in [6.45, 7) is 6.50. The molecule has 3 N–H and O–H groups in total. The molecule has 3 fully saturated rings. The van der Waals surface area contributed by atoms with E-state index in [2.05, 4.69) is 52.9 Å². The number of aromatic nitrogens is 1. The number of aromatic amines is 1. The molecule has 3 aromatic rings. The van der Waals surface area contributed by atoms with Crippen molar-refractivity contribution in [1.82, 2.24) is 14.8 Å². The number of likely N-dealkylation sites (tertiary alicyclic amines) is 2. The van der Waals surface area contributed by atoms with Crippen molar-refractivity contribution >= 4 is 16.8 Å². The fourth-order valence-electron chi connectivity index (χ4n) is 7.77. The first-order chi connectivity index (χ1) is 17.8. The number of nitrogens with two attached hydrogens (primary N) is 1.